The van der Waals surface area contributed by atoms with E-state index >= 15 is 0 Å². The van der Waals surface area contributed by atoms with E-state index in [0.717, 1.165) is 29.2 Å². The van der Waals surface area contributed by atoms with E-state index in [1.165, 1.54) is 12.0 Å². The molecule has 0 saturated heterocycles. The number of fused-ring (bicyclic) bond motifs is 1. The van der Waals surface area contributed by atoms with Crippen LogP contribution in [-0.2, 0) is 13.6 Å². The summed E-state index contributed by atoms with van der Waals surface area (Å²) < 4.78 is 1.84. The van der Waals surface area contributed by atoms with Crippen molar-refractivity contribution in [3.05, 3.63) is 23.5 Å². The molecule has 0 bridgehead atoms. The van der Waals surface area contributed by atoms with Crippen molar-refractivity contribution >= 4 is 11.0 Å². The Balaban J connectivity index is 1.83. The zero-order valence-electron chi connectivity index (χ0n) is 10.6. The normalized spacial score (nSPS) is 23.2. The van der Waals surface area contributed by atoms with Crippen LogP contribution in [0.15, 0.2) is 12.3 Å². The maximum atomic E-state index is 4.48. The molecule has 1 saturated carbocycles. The van der Waals surface area contributed by atoms with Crippen molar-refractivity contribution in [1.29, 1.82) is 0 Å². The van der Waals surface area contributed by atoms with Gasteiger partial charge in [0.2, 0.25) is 0 Å². The Kier molecular flexibility index (Phi) is 2.40. The van der Waals surface area contributed by atoms with Crippen molar-refractivity contribution < 1.29 is 0 Å². The summed E-state index contributed by atoms with van der Waals surface area (Å²) in [4.78, 5) is 4.48. The Morgan fingerprint density at radius 1 is 1.53 bits per heavy atom. The van der Waals surface area contributed by atoms with Crippen LogP contribution in [-0.4, -0.2) is 20.8 Å². The highest BCUT2D eigenvalue weighted by Crippen LogP contribution is 2.29. The zero-order valence-corrected chi connectivity index (χ0v) is 10.6. The van der Waals surface area contributed by atoms with Crippen LogP contribution in [0.2, 0.25) is 0 Å². The third-order valence-electron chi connectivity index (χ3n) is 3.60. The number of nitrogens with one attached hydrogen (secondary N) is 1. The summed E-state index contributed by atoms with van der Waals surface area (Å²) in [6, 6.07) is 2.91. The maximum absolute atomic E-state index is 4.48. The minimum Gasteiger partial charge on any atom is -0.310 e. The smallest absolute Gasteiger partial charge is 0.157 e. The molecule has 17 heavy (non-hydrogen) atoms. The lowest BCUT2D eigenvalue weighted by atomic mass is 10.2. The Morgan fingerprint density at radius 3 is 3.00 bits per heavy atom. The topological polar surface area (TPSA) is 42.7 Å². The predicted octanol–water partition coefficient (Wildman–Crippen LogP) is 1.77. The van der Waals surface area contributed by atoms with E-state index in [0.29, 0.717) is 6.04 Å². The zero-order chi connectivity index (χ0) is 12.0. The highest BCUT2D eigenvalue weighted by molar-refractivity contribution is 5.78. The van der Waals surface area contributed by atoms with E-state index in [-0.39, 0.29) is 0 Å². The molecule has 0 aliphatic heterocycles. The van der Waals surface area contributed by atoms with Crippen LogP contribution in [0.5, 0.6) is 0 Å². The van der Waals surface area contributed by atoms with Crippen LogP contribution in [0.25, 0.3) is 11.0 Å². The minimum absolute atomic E-state index is 0.709. The molecule has 2 atom stereocenters. The average molecular weight is 230 g/mol. The molecule has 1 fully saturated rings. The first-order valence-electron chi connectivity index (χ1n) is 6.17. The molecule has 0 amide bonds. The van der Waals surface area contributed by atoms with Crippen molar-refractivity contribution in [2.24, 2.45) is 13.0 Å². The Bertz CT molecular complexity index is 558. The lowest BCUT2D eigenvalue weighted by Crippen LogP contribution is -2.17. The number of aromatic nitrogens is 3. The van der Waals surface area contributed by atoms with Gasteiger partial charge in [-0.25, -0.2) is 4.98 Å². The first-order valence-corrected chi connectivity index (χ1v) is 6.17. The summed E-state index contributed by atoms with van der Waals surface area (Å²) in [7, 11) is 1.94. The fraction of sp³-hybridized carbons (Fsp3) is 0.538. The second-order valence-corrected chi connectivity index (χ2v) is 5.12. The van der Waals surface area contributed by atoms with E-state index in [1.54, 1.807) is 0 Å². The van der Waals surface area contributed by atoms with E-state index in [1.807, 2.05) is 24.9 Å². The largest absolute Gasteiger partial charge is 0.310 e. The number of hydrogen-bond acceptors (Lipinski definition) is 3. The van der Waals surface area contributed by atoms with E-state index in [4.69, 9.17) is 0 Å². The standard InChI is InChI=1S/C13H18N4/c1-8-4-12(8)14-6-10-5-11-9(2)16-17(3)13(11)15-7-10/h5,7-8,12,14H,4,6H2,1-3H3/t8-,12-/m1/s1. The second kappa shape index (κ2) is 3.81. The number of nitrogens with zero attached hydrogens (tertiary/aromatic N) is 3. The predicted molar refractivity (Wildman–Crippen MR) is 67.7 cm³/mol. The molecule has 2 aromatic heterocycles. The maximum Gasteiger partial charge on any atom is 0.157 e. The quantitative estimate of drug-likeness (QED) is 0.874. The summed E-state index contributed by atoms with van der Waals surface area (Å²) in [6.45, 7) is 5.22. The molecule has 3 rings (SSSR count). The molecule has 4 heteroatoms. The van der Waals surface area contributed by atoms with Gasteiger partial charge in [-0.1, -0.05) is 6.92 Å². The fourth-order valence-electron chi connectivity index (χ4n) is 2.30. The molecule has 4 nitrogen and oxygen atoms in total. The van der Waals surface area contributed by atoms with Gasteiger partial charge in [-0.05, 0) is 30.9 Å². The number of aryl methyl sites for hydroxylation is 2. The minimum atomic E-state index is 0.709. The van der Waals surface area contributed by atoms with Crippen LogP contribution in [0, 0.1) is 12.8 Å². The van der Waals surface area contributed by atoms with Gasteiger partial charge in [0.15, 0.2) is 5.65 Å². The van der Waals surface area contributed by atoms with Crippen LogP contribution >= 0.6 is 0 Å². The molecule has 1 aliphatic rings. The van der Waals surface area contributed by atoms with Crippen LogP contribution in [0.3, 0.4) is 0 Å². The van der Waals surface area contributed by atoms with Gasteiger partial charge in [0, 0.05) is 31.2 Å². The molecule has 0 spiro atoms. The number of hydrogen-bond donors (Lipinski definition) is 1. The van der Waals surface area contributed by atoms with Crippen molar-refractivity contribution in [2.45, 2.75) is 32.9 Å². The van der Waals surface area contributed by atoms with Gasteiger partial charge < -0.3 is 5.32 Å². The highest BCUT2D eigenvalue weighted by Gasteiger charge is 2.31. The highest BCUT2D eigenvalue weighted by atomic mass is 15.3. The summed E-state index contributed by atoms with van der Waals surface area (Å²) in [6.07, 6.45) is 3.26. The Morgan fingerprint density at radius 2 is 2.29 bits per heavy atom. The van der Waals surface area contributed by atoms with Crippen molar-refractivity contribution in [3.8, 4) is 0 Å². The van der Waals surface area contributed by atoms with E-state index in [2.05, 4.69) is 28.4 Å². The Hall–Kier alpha value is -1.42. The third kappa shape index (κ3) is 1.93. The van der Waals surface area contributed by atoms with Crippen LogP contribution in [0.1, 0.15) is 24.6 Å². The third-order valence-corrected chi connectivity index (χ3v) is 3.60. The van der Waals surface area contributed by atoms with Gasteiger partial charge in [-0.15, -0.1) is 0 Å². The summed E-state index contributed by atoms with van der Waals surface area (Å²) in [5.41, 5.74) is 3.26. The van der Waals surface area contributed by atoms with Gasteiger partial charge in [0.25, 0.3) is 0 Å². The van der Waals surface area contributed by atoms with Gasteiger partial charge in [0.1, 0.15) is 0 Å². The molecule has 0 aromatic carbocycles. The van der Waals surface area contributed by atoms with Crippen molar-refractivity contribution in [2.75, 3.05) is 0 Å². The monoisotopic (exact) mass is 230 g/mol. The molecule has 1 N–H and O–H groups in total. The SMILES string of the molecule is Cc1nn(C)c2ncc(CN[C@@H]3C[C@H]3C)cc12. The molecule has 2 heterocycles. The van der Waals surface area contributed by atoms with Crippen molar-refractivity contribution in [1.82, 2.24) is 20.1 Å². The van der Waals surface area contributed by atoms with Crippen LogP contribution < -0.4 is 5.32 Å². The van der Waals surface area contributed by atoms with Gasteiger partial charge in [-0.2, -0.15) is 5.10 Å². The fourth-order valence-corrected chi connectivity index (χ4v) is 2.30. The average Bonchev–Trinajstić information content (AvgIpc) is 2.94. The first kappa shape index (κ1) is 10.7. The molecule has 1 aliphatic carbocycles. The Labute approximate surface area is 101 Å². The van der Waals surface area contributed by atoms with Crippen LogP contribution in [0.4, 0.5) is 0 Å². The van der Waals surface area contributed by atoms with E-state index in [9.17, 15) is 0 Å². The number of rotatable bonds is 3. The molecular weight excluding hydrogens is 212 g/mol. The molecule has 0 unspecified atom stereocenters. The number of pyridine rings is 1. The van der Waals surface area contributed by atoms with Gasteiger partial charge >= 0.3 is 0 Å². The summed E-state index contributed by atoms with van der Waals surface area (Å²) in [5, 5.41) is 9.09. The van der Waals surface area contributed by atoms with E-state index < -0.39 is 0 Å². The second-order valence-electron chi connectivity index (χ2n) is 5.12. The van der Waals surface area contributed by atoms with Crippen molar-refractivity contribution in [3.63, 3.8) is 0 Å². The molecule has 90 valence electrons. The lowest BCUT2D eigenvalue weighted by Gasteiger charge is -2.03. The summed E-state index contributed by atoms with van der Waals surface area (Å²) >= 11 is 0. The summed E-state index contributed by atoms with van der Waals surface area (Å²) in [5.74, 6) is 0.840. The molecule has 0 radical (unpaired) electrons. The molecular formula is C13H18N4. The van der Waals surface area contributed by atoms with Gasteiger partial charge in [-0.3, -0.25) is 4.68 Å². The van der Waals surface area contributed by atoms with Gasteiger partial charge in [0.05, 0.1) is 5.69 Å². The lowest BCUT2D eigenvalue weighted by molar-refractivity contribution is 0.651. The first-order chi connectivity index (χ1) is 8.15. The molecule has 2 aromatic rings.